The normalized spacial score (nSPS) is 23.2. The fraction of sp³-hybridized carbons (Fsp3) is 0.417. The van der Waals surface area contributed by atoms with Crippen LogP contribution in [-0.2, 0) is 0 Å². The third-order valence-corrected chi connectivity index (χ3v) is 3.04. The van der Waals surface area contributed by atoms with Crippen LogP contribution in [0.3, 0.4) is 0 Å². The van der Waals surface area contributed by atoms with Crippen LogP contribution in [0, 0.1) is 0 Å². The van der Waals surface area contributed by atoms with Crippen LogP contribution >= 0.6 is 0 Å². The van der Waals surface area contributed by atoms with Crippen molar-refractivity contribution in [3.63, 3.8) is 0 Å². The Morgan fingerprint density at radius 1 is 1.39 bits per heavy atom. The van der Waals surface area contributed by atoms with Gasteiger partial charge in [-0.05, 0) is 12.1 Å². The van der Waals surface area contributed by atoms with Crippen molar-refractivity contribution in [2.75, 3.05) is 25.9 Å². The molecule has 0 spiro atoms. The van der Waals surface area contributed by atoms with E-state index in [0.29, 0.717) is 11.4 Å². The van der Waals surface area contributed by atoms with Gasteiger partial charge in [-0.2, -0.15) is 0 Å². The van der Waals surface area contributed by atoms with Crippen LogP contribution in [-0.4, -0.2) is 53.4 Å². The number of rotatable bonds is 2. The Hall–Kier alpha value is -1.79. The number of nitrogen functional groups attached to an aromatic ring is 1. The van der Waals surface area contributed by atoms with Crippen LogP contribution in [0.1, 0.15) is 10.4 Å². The molecule has 18 heavy (non-hydrogen) atoms. The van der Waals surface area contributed by atoms with E-state index in [0.717, 1.165) is 0 Å². The molecule has 6 nitrogen and oxygen atoms in total. The highest BCUT2D eigenvalue weighted by atomic mass is 16.5. The van der Waals surface area contributed by atoms with E-state index >= 15 is 0 Å². The molecule has 1 aromatic rings. The van der Waals surface area contributed by atoms with Gasteiger partial charge in [-0.25, -0.2) is 0 Å². The molecular weight excluding hydrogens is 236 g/mol. The van der Waals surface area contributed by atoms with Gasteiger partial charge in [-0.15, -0.1) is 0 Å². The maximum atomic E-state index is 12.3. The lowest BCUT2D eigenvalue weighted by atomic mass is 10.1. The van der Waals surface area contributed by atoms with E-state index in [-0.39, 0.29) is 24.6 Å². The number of hydrogen-bond donors (Lipinski definition) is 3. The van der Waals surface area contributed by atoms with Crippen LogP contribution < -0.4 is 10.5 Å². The van der Waals surface area contributed by atoms with Gasteiger partial charge in [0.1, 0.15) is 11.3 Å². The van der Waals surface area contributed by atoms with Gasteiger partial charge in [-0.1, -0.05) is 6.07 Å². The fourth-order valence-electron chi connectivity index (χ4n) is 2.04. The summed E-state index contributed by atoms with van der Waals surface area (Å²) in [4.78, 5) is 13.6. The predicted molar refractivity (Wildman–Crippen MR) is 65.3 cm³/mol. The highest BCUT2D eigenvalue weighted by Gasteiger charge is 2.34. The molecule has 1 saturated heterocycles. The molecule has 1 heterocycles. The van der Waals surface area contributed by atoms with E-state index in [4.69, 9.17) is 10.5 Å². The molecule has 1 aliphatic heterocycles. The molecule has 2 rings (SSSR count). The minimum atomic E-state index is -0.912. The van der Waals surface area contributed by atoms with Crippen LogP contribution in [0.5, 0.6) is 5.75 Å². The number of β-amino-alcohol motifs (C(OH)–C–C–N with tert-alkyl or cyclic N) is 2. The monoisotopic (exact) mass is 252 g/mol. The van der Waals surface area contributed by atoms with Gasteiger partial charge in [0.05, 0.1) is 19.3 Å². The van der Waals surface area contributed by atoms with Crippen molar-refractivity contribution < 1.29 is 19.7 Å². The number of aliphatic hydroxyl groups is 2. The molecule has 2 atom stereocenters. The molecule has 1 fully saturated rings. The molecule has 1 aromatic carbocycles. The number of hydrogen-bond acceptors (Lipinski definition) is 5. The smallest absolute Gasteiger partial charge is 0.259 e. The summed E-state index contributed by atoms with van der Waals surface area (Å²) in [6, 6.07) is 4.95. The van der Waals surface area contributed by atoms with Crippen LogP contribution in [0.2, 0.25) is 0 Å². The molecular formula is C12H16N2O4. The maximum Gasteiger partial charge on any atom is 0.259 e. The third-order valence-electron chi connectivity index (χ3n) is 3.04. The zero-order chi connectivity index (χ0) is 13.3. The van der Waals surface area contributed by atoms with Gasteiger partial charge in [0, 0.05) is 18.8 Å². The first-order chi connectivity index (χ1) is 8.54. The summed E-state index contributed by atoms with van der Waals surface area (Å²) in [6.45, 7) is 0.189. The van der Waals surface area contributed by atoms with Gasteiger partial charge in [0.25, 0.3) is 5.91 Å². The standard InChI is InChI=1S/C12H16N2O4/c1-18-10-4-2-3-7(13)11(10)12(17)14-5-8(15)9(16)6-14/h2-4,8-9,15-16H,5-6,13H2,1H3/t8-,9+. The van der Waals surface area contributed by atoms with E-state index < -0.39 is 12.2 Å². The van der Waals surface area contributed by atoms with Crippen molar-refractivity contribution in [3.8, 4) is 5.75 Å². The van der Waals surface area contributed by atoms with E-state index in [1.54, 1.807) is 18.2 Å². The van der Waals surface area contributed by atoms with Crippen molar-refractivity contribution in [1.82, 2.24) is 4.90 Å². The molecule has 0 aliphatic carbocycles. The second-order valence-corrected chi connectivity index (χ2v) is 4.27. The number of methoxy groups -OCH3 is 1. The largest absolute Gasteiger partial charge is 0.496 e. The molecule has 1 amide bonds. The average molecular weight is 252 g/mol. The topological polar surface area (TPSA) is 96.0 Å². The van der Waals surface area contributed by atoms with Gasteiger partial charge in [0.15, 0.2) is 0 Å². The van der Waals surface area contributed by atoms with E-state index in [2.05, 4.69) is 0 Å². The Balaban J connectivity index is 2.29. The quantitative estimate of drug-likeness (QED) is 0.614. The Morgan fingerprint density at radius 3 is 2.56 bits per heavy atom. The first-order valence-corrected chi connectivity index (χ1v) is 5.62. The second-order valence-electron chi connectivity index (χ2n) is 4.27. The number of nitrogens with zero attached hydrogens (tertiary/aromatic N) is 1. The minimum Gasteiger partial charge on any atom is -0.496 e. The summed E-state index contributed by atoms with van der Waals surface area (Å²) < 4.78 is 5.11. The number of amides is 1. The lowest BCUT2D eigenvalue weighted by molar-refractivity contribution is 0.0572. The third kappa shape index (κ3) is 2.12. The summed E-state index contributed by atoms with van der Waals surface area (Å²) in [5, 5.41) is 18.9. The highest BCUT2D eigenvalue weighted by Crippen LogP contribution is 2.27. The molecule has 6 heteroatoms. The van der Waals surface area contributed by atoms with Crippen LogP contribution in [0.15, 0.2) is 18.2 Å². The number of aliphatic hydroxyl groups excluding tert-OH is 2. The number of nitrogens with two attached hydrogens (primary N) is 1. The van der Waals surface area contributed by atoms with Crippen molar-refractivity contribution in [2.45, 2.75) is 12.2 Å². The number of carbonyl (C=O) groups is 1. The average Bonchev–Trinajstić information content (AvgIpc) is 2.68. The van der Waals surface area contributed by atoms with Crippen molar-refractivity contribution >= 4 is 11.6 Å². The SMILES string of the molecule is COc1cccc(N)c1C(=O)N1C[C@@H](O)[C@@H](O)C1. The lowest BCUT2D eigenvalue weighted by Gasteiger charge is -2.18. The summed E-state index contributed by atoms with van der Waals surface area (Å²) in [5.41, 5.74) is 6.36. The molecule has 1 aliphatic rings. The van der Waals surface area contributed by atoms with E-state index in [1.165, 1.54) is 12.0 Å². The molecule has 98 valence electrons. The zero-order valence-electron chi connectivity index (χ0n) is 10.0. The Labute approximate surface area is 105 Å². The van der Waals surface area contributed by atoms with Crippen molar-refractivity contribution in [1.29, 1.82) is 0 Å². The first-order valence-electron chi connectivity index (χ1n) is 5.62. The summed E-state index contributed by atoms with van der Waals surface area (Å²) in [6.07, 6.45) is -1.82. The first kappa shape index (κ1) is 12.7. The Bertz CT molecular complexity index is 453. The molecule has 0 unspecified atom stereocenters. The second kappa shape index (κ2) is 4.83. The number of ether oxygens (including phenoxy) is 1. The van der Waals surface area contributed by atoms with Crippen LogP contribution in [0.25, 0.3) is 0 Å². The van der Waals surface area contributed by atoms with Gasteiger partial charge in [-0.3, -0.25) is 4.79 Å². The highest BCUT2D eigenvalue weighted by molar-refractivity contribution is 6.02. The van der Waals surface area contributed by atoms with Crippen molar-refractivity contribution in [2.24, 2.45) is 0 Å². The molecule has 4 N–H and O–H groups in total. The molecule has 0 radical (unpaired) electrons. The fourth-order valence-corrected chi connectivity index (χ4v) is 2.04. The number of anilines is 1. The van der Waals surface area contributed by atoms with Crippen LogP contribution in [0.4, 0.5) is 5.69 Å². The predicted octanol–water partition coefficient (Wildman–Crippen LogP) is -0.545. The number of carbonyl (C=O) groups excluding carboxylic acids is 1. The van der Waals surface area contributed by atoms with E-state index in [9.17, 15) is 15.0 Å². The molecule has 0 bridgehead atoms. The Morgan fingerprint density at radius 2 is 2.00 bits per heavy atom. The van der Waals surface area contributed by atoms with Gasteiger partial charge in [0.2, 0.25) is 0 Å². The van der Waals surface area contributed by atoms with Gasteiger partial charge < -0.3 is 25.6 Å². The maximum absolute atomic E-state index is 12.3. The minimum absolute atomic E-state index is 0.0947. The summed E-state index contributed by atoms with van der Waals surface area (Å²) in [5.74, 6) is 0.0384. The summed E-state index contributed by atoms with van der Waals surface area (Å²) >= 11 is 0. The lowest BCUT2D eigenvalue weighted by Crippen LogP contribution is -2.30. The number of likely N-dealkylation sites (tertiary alicyclic amines) is 1. The van der Waals surface area contributed by atoms with Crippen molar-refractivity contribution in [3.05, 3.63) is 23.8 Å². The molecule has 0 saturated carbocycles. The van der Waals surface area contributed by atoms with Gasteiger partial charge >= 0.3 is 0 Å². The Kier molecular flexibility index (Phi) is 3.40. The molecule has 0 aromatic heterocycles. The summed E-state index contributed by atoms with van der Waals surface area (Å²) in [7, 11) is 1.46. The van der Waals surface area contributed by atoms with E-state index in [1.807, 2.05) is 0 Å². The zero-order valence-corrected chi connectivity index (χ0v) is 10.0. The number of benzene rings is 1.